The molecule has 0 spiro atoms. The monoisotopic (exact) mass is 207 g/mol. The minimum absolute atomic E-state index is 0.0361. The first kappa shape index (κ1) is 9.71. The maximum Gasteiger partial charge on any atom is 0.257 e. The molecule has 1 aromatic carbocycles. The van der Waals surface area contributed by atoms with Gasteiger partial charge in [-0.2, -0.15) is 0 Å². The van der Waals surface area contributed by atoms with Gasteiger partial charge in [0.25, 0.3) is 5.91 Å². The molecule has 1 heterocycles. The van der Waals surface area contributed by atoms with Gasteiger partial charge in [0.05, 0.1) is 5.57 Å². The molecule has 0 fully saturated rings. The van der Waals surface area contributed by atoms with Gasteiger partial charge in [-0.25, -0.2) is 4.39 Å². The highest BCUT2D eigenvalue weighted by Gasteiger charge is 2.22. The lowest BCUT2D eigenvalue weighted by atomic mass is 10.0. The summed E-state index contributed by atoms with van der Waals surface area (Å²) in [5, 5.41) is 2.51. The minimum atomic E-state index is -0.766. The fourth-order valence-corrected chi connectivity index (χ4v) is 1.48. The van der Waals surface area contributed by atoms with Crippen LogP contribution in [-0.2, 0) is 9.53 Å². The third-order valence-corrected chi connectivity index (χ3v) is 2.17. The number of alkyl halides is 1. The number of amides is 1. The van der Waals surface area contributed by atoms with Crippen LogP contribution in [-0.4, -0.2) is 19.3 Å². The van der Waals surface area contributed by atoms with Gasteiger partial charge in [0, 0.05) is 0 Å². The summed E-state index contributed by atoms with van der Waals surface area (Å²) in [6, 6.07) is 8.92. The molecule has 2 rings (SSSR count). The third-order valence-electron chi connectivity index (χ3n) is 2.17. The van der Waals surface area contributed by atoms with E-state index in [1.165, 1.54) is 0 Å². The van der Waals surface area contributed by atoms with E-state index in [9.17, 15) is 9.18 Å². The van der Waals surface area contributed by atoms with Gasteiger partial charge in [0.15, 0.2) is 6.73 Å². The Labute approximate surface area is 86.6 Å². The number of rotatable bonds is 2. The molecular formula is C11H10FNO2. The lowest BCUT2D eigenvalue weighted by molar-refractivity contribution is -0.118. The summed E-state index contributed by atoms with van der Waals surface area (Å²) in [5.74, 6) is -0.190. The van der Waals surface area contributed by atoms with Gasteiger partial charge < -0.3 is 10.1 Å². The van der Waals surface area contributed by atoms with Crippen LogP contribution < -0.4 is 5.32 Å². The molecule has 0 atom stereocenters. The zero-order valence-corrected chi connectivity index (χ0v) is 8.00. The predicted molar refractivity (Wildman–Crippen MR) is 53.4 cm³/mol. The molecule has 1 aliphatic heterocycles. The van der Waals surface area contributed by atoms with Crippen molar-refractivity contribution in [2.45, 2.75) is 0 Å². The van der Waals surface area contributed by atoms with Crippen molar-refractivity contribution < 1.29 is 13.9 Å². The number of nitrogens with one attached hydrogen (secondary N) is 1. The first-order chi connectivity index (χ1) is 7.33. The van der Waals surface area contributed by atoms with Gasteiger partial charge in [-0.1, -0.05) is 30.3 Å². The van der Waals surface area contributed by atoms with Crippen LogP contribution in [0.5, 0.6) is 0 Å². The van der Waals surface area contributed by atoms with Crippen LogP contribution in [0.4, 0.5) is 4.39 Å². The molecule has 0 radical (unpaired) electrons. The van der Waals surface area contributed by atoms with Crippen LogP contribution >= 0.6 is 0 Å². The number of allylic oxidation sites excluding steroid dienone is 1. The second-order valence-electron chi connectivity index (χ2n) is 3.09. The predicted octanol–water partition coefficient (Wildman–Crippen LogP) is 1.47. The Morgan fingerprint density at radius 2 is 2.07 bits per heavy atom. The Hall–Kier alpha value is -1.84. The molecule has 1 N–H and O–H groups in total. The smallest absolute Gasteiger partial charge is 0.257 e. The van der Waals surface area contributed by atoms with Crippen LogP contribution in [0, 0.1) is 0 Å². The number of carbonyl (C=O) groups excluding carboxylic acids is 1. The Morgan fingerprint density at radius 3 is 2.73 bits per heavy atom. The van der Waals surface area contributed by atoms with E-state index < -0.39 is 6.67 Å². The van der Waals surface area contributed by atoms with E-state index in [-0.39, 0.29) is 24.0 Å². The lowest BCUT2D eigenvalue weighted by Gasteiger charge is -2.19. The number of ether oxygens (including phenoxy) is 1. The first-order valence-electron chi connectivity index (χ1n) is 4.58. The van der Waals surface area contributed by atoms with Gasteiger partial charge >= 0.3 is 0 Å². The number of hydrogen-bond donors (Lipinski definition) is 1. The van der Waals surface area contributed by atoms with Gasteiger partial charge in [-0.3, -0.25) is 4.79 Å². The van der Waals surface area contributed by atoms with Crippen LogP contribution in [0.15, 0.2) is 36.1 Å². The molecule has 1 amide bonds. The lowest BCUT2D eigenvalue weighted by Crippen LogP contribution is -2.33. The topological polar surface area (TPSA) is 38.3 Å². The van der Waals surface area contributed by atoms with E-state index in [1.807, 2.05) is 6.07 Å². The van der Waals surface area contributed by atoms with E-state index in [0.717, 1.165) is 0 Å². The summed E-state index contributed by atoms with van der Waals surface area (Å²) in [7, 11) is 0. The molecule has 0 unspecified atom stereocenters. The minimum Gasteiger partial charge on any atom is -0.474 e. The number of halogens is 1. The van der Waals surface area contributed by atoms with Crippen molar-refractivity contribution in [2.24, 2.45) is 0 Å². The summed E-state index contributed by atoms with van der Waals surface area (Å²) in [6.07, 6.45) is 0. The Morgan fingerprint density at radius 1 is 1.33 bits per heavy atom. The van der Waals surface area contributed by atoms with Crippen molar-refractivity contribution in [1.82, 2.24) is 5.32 Å². The van der Waals surface area contributed by atoms with Gasteiger partial charge in [-0.05, 0) is 5.56 Å². The molecule has 1 aliphatic rings. The number of hydrogen-bond acceptors (Lipinski definition) is 2. The van der Waals surface area contributed by atoms with Crippen molar-refractivity contribution in [3.63, 3.8) is 0 Å². The van der Waals surface area contributed by atoms with Gasteiger partial charge in [-0.15, -0.1) is 0 Å². The van der Waals surface area contributed by atoms with Crippen molar-refractivity contribution in [2.75, 3.05) is 13.4 Å². The molecular weight excluding hydrogens is 197 g/mol. The Bertz CT molecular complexity index is 400. The Balaban J connectivity index is 2.47. The highest BCUT2D eigenvalue weighted by molar-refractivity contribution is 6.20. The fourth-order valence-electron chi connectivity index (χ4n) is 1.48. The van der Waals surface area contributed by atoms with Crippen molar-refractivity contribution in [3.8, 4) is 0 Å². The van der Waals surface area contributed by atoms with Crippen LogP contribution in [0.25, 0.3) is 5.57 Å². The zero-order chi connectivity index (χ0) is 10.7. The maximum atomic E-state index is 12.6. The SMILES string of the molecule is O=C1NCOC(CF)=C1c1ccccc1. The molecule has 0 bridgehead atoms. The van der Waals surface area contributed by atoms with Crippen LogP contribution in [0.3, 0.4) is 0 Å². The summed E-state index contributed by atoms with van der Waals surface area (Å²) in [4.78, 5) is 11.5. The molecule has 0 aliphatic carbocycles. The zero-order valence-electron chi connectivity index (χ0n) is 8.00. The van der Waals surface area contributed by atoms with Crippen molar-refractivity contribution >= 4 is 11.5 Å². The molecule has 4 heteroatoms. The average Bonchev–Trinajstić information content (AvgIpc) is 2.29. The largest absolute Gasteiger partial charge is 0.474 e. The standard InChI is InChI=1S/C11H10FNO2/c12-6-9-10(11(14)13-7-15-9)8-4-2-1-3-5-8/h1-5H,6-7H2,(H,13,14). The number of carbonyl (C=O) groups is 1. The summed E-state index contributed by atoms with van der Waals surface area (Å²) in [5.41, 5.74) is 0.951. The second-order valence-corrected chi connectivity index (χ2v) is 3.09. The first-order valence-corrected chi connectivity index (χ1v) is 4.58. The summed E-state index contributed by atoms with van der Waals surface area (Å²) in [6.45, 7) is -0.730. The maximum absolute atomic E-state index is 12.6. The molecule has 0 aromatic heterocycles. The van der Waals surface area contributed by atoms with E-state index in [2.05, 4.69) is 5.32 Å². The van der Waals surface area contributed by atoms with E-state index in [0.29, 0.717) is 5.56 Å². The average molecular weight is 207 g/mol. The van der Waals surface area contributed by atoms with Crippen molar-refractivity contribution in [3.05, 3.63) is 41.7 Å². The molecule has 78 valence electrons. The fraction of sp³-hybridized carbons (Fsp3) is 0.182. The molecule has 0 saturated heterocycles. The molecule has 15 heavy (non-hydrogen) atoms. The second kappa shape index (κ2) is 4.13. The molecule has 1 aromatic rings. The van der Waals surface area contributed by atoms with E-state index in [1.54, 1.807) is 24.3 Å². The van der Waals surface area contributed by atoms with Crippen molar-refractivity contribution in [1.29, 1.82) is 0 Å². The van der Waals surface area contributed by atoms with E-state index >= 15 is 0 Å². The summed E-state index contributed by atoms with van der Waals surface area (Å²) < 4.78 is 17.7. The number of benzene rings is 1. The molecule has 3 nitrogen and oxygen atoms in total. The van der Waals surface area contributed by atoms with Crippen LogP contribution in [0.2, 0.25) is 0 Å². The van der Waals surface area contributed by atoms with Crippen LogP contribution in [0.1, 0.15) is 5.56 Å². The summed E-state index contributed by atoms with van der Waals surface area (Å²) >= 11 is 0. The highest BCUT2D eigenvalue weighted by Crippen LogP contribution is 2.22. The molecule has 0 saturated carbocycles. The van der Waals surface area contributed by atoms with Gasteiger partial charge in [0.1, 0.15) is 12.4 Å². The Kier molecular flexibility index (Phi) is 2.67. The quantitative estimate of drug-likeness (QED) is 0.797. The van der Waals surface area contributed by atoms with Gasteiger partial charge in [0.2, 0.25) is 0 Å². The normalized spacial score (nSPS) is 15.9. The highest BCUT2D eigenvalue weighted by atomic mass is 19.1. The third kappa shape index (κ3) is 1.83. The van der Waals surface area contributed by atoms with E-state index in [4.69, 9.17) is 4.74 Å².